The number of carbonyl (C=O) groups is 1. The van der Waals surface area contributed by atoms with Crippen LogP contribution >= 0.6 is 24.8 Å². The van der Waals surface area contributed by atoms with Crippen LogP contribution in [0, 0.1) is 0 Å². The normalized spacial score (nSPS) is 11.1. The monoisotopic (exact) mass is 333 g/mol. The van der Waals surface area contributed by atoms with Crippen LogP contribution in [0.5, 0.6) is 0 Å². The van der Waals surface area contributed by atoms with E-state index >= 15 is 0 Å². The molecule has 0 aliphatic carbocycles. The summed E-state index contributed by atoms with van der Waals surface area (Å²) in [5.41, 5.74) is 4.10. The molecule has 1 aromatic rings. The summed E-state index contributed by atoms with van der Waals surface area (Å²) in [6, 6.07) is 1.84. The van der Waals surface area contributed by atoms with Crippen molar-refractivity contribution in [3.8, 4) is 0 Å². The maximum atomic E-state index is 12.3. The second-order valence-corrected chi connectivity index (χ2v) is 4.60. The van der Waals surface area contributed by atoms with Crippen LogP contribution in [-0.4, -0.2) is 23.0 Å². The van der Waals surface area contributed by atoms with Gasteiger partial charge in [0.25, 0.3) is 5.91 Å². The second kappa shape index (κ2) is 7.66. The minimum absolute atomic E-state index is 0. The number of rotatable bonds is 3. The second-order valence-electron chi connectivity index (χ2n) is 4.60. The molecule has 1 aromatic heterocycles. The highest BCUT2D eigenvalue weighted by molar-refractivity contribution is 5.92. The van der Waals surface area contributed by atoms with E-state index in [1.54, 1.807) is 13.8 Å². The number of hydrogen-bond donors (Lipinski definition) is 2. The summed E-state index contributed by atoms with van der Waals surface area (Å²) in [5.74, 6) is -0.553. The van der Waals surface area contributed by atoms with Gasteiger partial charge in [-0.3, -0.25) is 9.78 Å². The molecule has 0 saturated carbocycles. The lowest BCUT2D eigenvalue weighted by Crippen LogP contribution is -2.45. The van der Waals surface area contributed by atoms with Gasteiger partial charge in [-0.05, 0) is 26.0 Å². The summed E-state index contributed by atoms with van der Waals surface area (Å²) >= 11 is 0. The Hall–Kier alpha value is -1.05. The van der Waals surface area contributed by atoms with Gasteiger partial charge in [0, 0.05) is 18.3 Å². The Balaban J connectivity index is 0. The Bertz CT molecular complexity index is 430. The summed E-state index contributed by atoms with van der Waals surface area (Å²) in [7, 11) is 0. The number of nitrogens with one attached hydrogen (secondary N) is 1. The van der Waals surface area contributed by atoms with Crippen molar-refractivity contribution < 1.29 is 18.0 Å². The smallest absolute Gasteiger partial charge is 0.349 e. The Morgan fingerprint density at radius 1 is 1.30 bits per heavy atom. The van der Waals surface area contributed by atoms with Crippen LogP contribution in [0.4, 0.5) is 13.2 Å². The van der Waals surface area contributed by atoms with Crippen molar-refractivity contribution in [2.75, 3.05) is 6.54 Å². The highest BCUT2D eigenvalue weighted by atomic mass is 35.5. The van der Waals surface area contributed by atoms with Gasteiger partial charge >= 0.3 is 6.18 Å². The molecule has 1 heterocycles. The van der Waals surface area contributed by atoms with E-state index in [1.807, 2.05) is 0 Å². The number of nitrogens with zero attached hydrogens (tertiary/aromatic N) is 1. The van der Waals surface area contributed by atoms with Crippen LogP contribution in [0.1, 0.15) is 29.9 Å². The summed E-state index contributed by atoms with van der Waals surface area (Å²) < 4.78 is 36.8. The van der Waals surface area contributed by atoms with Gasteiger partial charge in [0.2, 0.25) is 0 Å². The highest BCUT2D eigenvalue weighted by Crippen LogP contribution is 2.28. The van der Waals surface area contributed by atoms with E-state index in [2.05, 4.69) is 10.3 Å². The minimum atomic E-state index is -4.46. The summed E-state index contributed by atoms with van der Waals surface area (Å²) in [5, 5.41) is 2.49. The SMILES string of the molecule is CC(C)(N)CNC(=O)c1ccc(C(F)(F)F)cn1.Cl.Cl. The highest BCUT2D eigenvalue weighted by Gasteiger charge is 2.30. The van der Waals surface area contributed by atoms with Gasteiger partial charge in [0.05, 0.1) is 5.56 Å². The van der Waals surface area contributed by atoms with Gasteiger partial charge in [-0.15, -0.1) is 24.8 Å². The van der Waals surface area contributed by atoms with Crippen molar-refractivity contribution >= 4 is 30.7 Å². The van der Waals surface area contributed by atoms with Gasteiger partial charge in [-0.2, -0.15) is 13.2 Å². The van der Waals surface area contributed by atoms with Gasteiger partial charge in [0.1, 0.15) is 5.69 Å². The third-order valence-corrected chi connectivity index (χ3v) is 2.03. The molecule has 0 aliphatic rings. The number of alkyl halides is 3. The summed E-state index contributed by atoms with van der Waals surface area (Å²) in [6.07, 6.45) is -3.83. The molecule has 20 heavy (non-hydrogen) atoms. The van der Waals surface area contributed by atoms with Gasteiger partial charge in [-0.25, -0.2) is 0 Å². The average molecular weight is 334 g/mol. The molecule has 0 spiro atoms. The lowest BCUT2D eigenvalue weighted by molar-refractivity contribution is -0.137. The van der Waals surface area contributed by atoms with E-state index in [4.69, 9.17) is 5.73 Å². The zero-order valence-electron chi connectivity index (χ0n) is 10.8. The maximum absolute atomic E-state index is 12.3. The largest absolute Gasteiger partial charge is 0.417 e. The first-order chi connectivity index (χ1) is 8.09. The van der Waals surface area contributed by atoms with Crippen LogP contribution in [0.3, 0.4) is 0 Å². The molecule has 0 saturated heterocycles. The zero-order chi connectivity index (χ0) is 14.0. The molecule has 0 aromatic carbocycles. The molecule has 0 fully saturated rings. The molecule has 4 nitrogen and oxygen atoms in total. The molecule has 0 aliphatic heterocycles. The minimum Gasteiger partial charge on any atom is -0.349 e. The predicted octanol–water partition coefficient (Wildman–Crippen LogP) is 2.41. The van der Waals surface area contributed by atoms with Crippen molar-refractivity contribution in [1.82, 2.24) is 10.3 Å². The Morgan fingerprint density at radius 3 is 2.20 bits per heavy atom. The topological polar surface area (TPSA) is 68.0 Å². The fourth-order valence-electron chi connectivity index (χ4n) is 1.09. The van der Waals surface area contributed by atoms with Crippen molar-refractivity contribution in [2.24, 2.45) is 5.73 Å². The first-order valence-corrected chi connectivity index (χ1v) is 5.20. The fourth-order valence-corrected chi connectivity index (χ4v) is 1.09. The predicted molar refractivity (Wildman–Crippen MR) is 74.3 cm³/mol. The van der Waals surface area contributed by atoms with Crippen LogP contribution in [0.15, 0.2) is 18.3 Å². The van der Waals surface area contributed by atoms with Crippen molar-refractivity contribution in [1.29, 1.82) is 0 Å². The third-order valence-electron chi connectivity index (χ3n) is 2.03. The van der Waals surface area contributed by atoms with Crippen molar-refractivity contribution in [2.45, 2.75) is 25.6 Å². The third kappa shape index (κ3) is 6.93. The number of halogens is 5. The van der Waals surface area contributed by atoms with Gasteiger partial charge < -0.3 is 11.1 Å². The van der Waals surface area contributed by atoms with E-state index in [0.29, 0.717) is 6.20 Å². The molecule has 0 atom stereocenters. The number of hydrogen-bond acceptors (Lipinski definition) is 3. The molecule has 0 unspecified atom stereocenters. The van der Waals surface area contributed by atoms with Crippen LogP contribution < -0.4 is 11.1 Å². The fraction of sp³-hybridized carbons (Fsp3) is 0.455. The quantitative estimate of drug-likeness (QED) is 0.892. The Kier molecular flexibility index (Phi) is 8.14. The molecule has 0 bridgehead atoms. The van der Waals surface area contributed by atoms with E-state index < -0.39 is 23.2 Å². The lowest BCUT2D eigenvalue weighted by Gasteiger charge is -2.18. The lowest BCUT2D eigenvalue weighted by atomic mass is 10.1. The number of aromatic nitrogens is 1. The Labute approximate surface area is 127 Å². The van der Waals surface area contributed by atoms with Gasteiger partial charge in [0.15, 0.2) is 0 Å². The molecule has 9 heteroatoms. The number of amides is 1. The molecule has 116 valence electrons. The van der Waals surface area contributed by atoms with Crippen molar-refractivity contribution in [3.63, 3.8) is 0 Å². The number of nitrogens with two attached hydrogens (primary N) is 1. The van der Waals surface area contributed by atoms with Crippen LogP contribution in [-0.2, 0) is 6.18 Å². The molecular weight excluding hydrogens is 318 g/mol. The molecule has 3 N–H and O–H groups in total. The van der Waals surface area contributed by atoms with Crippen molar-refractivity contribution in [3.05, 3.63) is 29.6 Å². The molecular formula is C11H16Cl2F3N3O. The van der Waals surface area contributed by atoms with E-state index in [1.165, 1.54) is 0 Å². The van der Waals surface area contributed by atoms with Crippen LogP contribution in [0.2, 0.25) is 0 Å². The maximum Gasteiger partial charge on any atom is 0.417 e. The Morgan fingerprint density at radius 2 is 1.85 bits per heavy atom. The van der Waals surface area contributed by atoms with E-state index in [0.717, 1.165) is 12.1 Å². The molecule has 1 amide bonds. The van der Waals surface area contributed by atoms with Crippen LogP contribution in [0.25, 0.3) is 0 Å². The summed E-state index contributed by atoms with van der Waals surface area (Å²) in [4.78, 5) is 15.0. The zero-order valence-corrected chi connectivity index (χ0v) is 12.5. The van der Waals surface area contributed by atoms with E-state index in [-0.39, 0.29) is 37.1 Å². The number of pyridine rings is 1. The van der Waals surface area contributed by atoms with Gasteiger partial charge in [-0.1, -0.05) is 0 Å². The molecule has 1 rings (SSSR count). The molecule has 0 radical (unpaired) electrons. The average Bonchev–Trinajstić information content (AvgIpc) is 2.24. The first kappa shape index (κ1) is 21.3. The standard InChI is InChI=1S/C11H14F3N3O.2ClH/c1-10(2,15)6-17-9(18)8-4-3-7(5-16-8)11(12,13)14;;/h3-5H,6,15H2,1-2H3,(H,17,18);2*1H. The first-order valence-electron chi connectivity index (χ1n) is 5.20. The summed E-state index contributed by atoms with van der Waals surface area (Å²) in [6.45, 7) is 3.63. The number of carbonyl (C=O) groups excluding carboxylic acids is 1. The van der Waals surface area contributed by atoms with E-state index in [9.17, 15) is 18.0 Å².